The van der Waals surface area contributed by atoms with Gasteiger partial charge in [-0.15, -0.1) is 0 Å². The second-order valence-corrected chi connectivity index (χ2v) is 12.3. The van der Waals surface area contributed by atoms with Gasteiger partial charge < -0.3 is 19.8 Å². The zero-order chi connectivity index (χ0) is 24.7. The molecule has 2 N–H and O–H groups in total. The SMILES string of the molecule is C=C(CCC)OO[C@H]1CC[C@@]2(C)C(=C[C@H](O)C3C4C[C@@H](Br)[C@H](OC(=O)CC)[C@@]4(CO)CCC32)C1. The summed E-state index contributed by atoms with van der Waals surface area (Å²) in [4.78, 5) is 23.4. The second-order valence-electron chi connectivity index (χ2n) is 11.2. The fourth-order valence-electron chi connectivity index (χ4n) is 7.60. The van der Waals surface area contributed by atoms with E-state index in [1.165, 1.54) is 5.57 Å². The van der Waals surface area contributed by atoms with Crippen molar-refractivity contribution in [3.63, 3.8) is 0 Å². The summed E-state index contributed by atoms with van der Waals surface area (Å²) in [6.07, 6.45) is 8.28. The number of hydrogen-bond acceptors (Lipinski definition) is 6. The van der Waals surface area contributed by atoms with Crippen LogP contribution in [0, 0.1) is 28.6 Å². The third-order valence-corrected chi connectivity index (χ3v) is 10.2. The zero-order valence-corrected chi connectivity index (χ0v) is 22.4. The lowest BCUT2D eigenvalue weighted by Gasteiger charge is -2.59. The molecule has 0 spiro atoms. The molecule has 3 fully saturated rings. The molecule has 0 aromatic heterocycles. The number of fused-ring (bicyclic) bond motifs is 5. The van der Waals surface area contributed by atoms with Gasteiger partial charge in [0.25, 0.3) is 0 Å². The smallest absolute Gasteiger partial charge is 0.305 e. The van der Waals surface area contributed by atoms with Crippen LogP contribution in [-0.4, -0.2) is 45.9 Å². The molecule has 0 amide bonds. The number of aliphatic hydroxyl groups is 2. The molecule has 3 unspecified atom stereocenters. The number of carbonyl (C=O) groups excluding carboxylic acids is 1. The fourth-order valence-corrected chi connectivity index (χ4v) is 8.64. The van der Waals surface area contributed by atoms with Gasteiger partial charge >= 0.3 is 5.97 Å². The van der Waals surface area contributed by atoms with E-state index < -0.39 is 11.5 Å². The highest BCUT2D eigenvalue weighted by atomic mass is 79.9. The summed E-state index contributed by atoms with van der Waals surface area (Å²) in [6.45, 7) is 10.1. The second kappa shape index (κ2) is 10.2. The topological polar surface area (TPSA) is 85.2 Å². The molecule has 192 valence electrons. The number of hydrogen-bond donors (Lipinski definition) is 2. The predicted octanol–water partition coefficient (Wildman–Crippen LogP) is 5.22. The Bertz CT molecular complexity index is 813. The van der Waals surface area contributed by atoms with Crippen LogP contribution in [-0.2, 0) is 19.3 Å². The van der Waals surface area contributed by atoms with Crippen LogP contribution >= 0.6 is 15.9 Å². The highest BCUT2D eigenvalue weighted by molar-refractivity contribution is 9.09. The molecule has 9 atom stereocenters. The molecule has 0 aliphatic heterocycles. The Labute approximate surface area is 212 Å². The Hall–Kier alpha value is -0.890. The van der Waals surface area contributed by atoms with Crippen LogP contribution in [0.2, 0.25) is 0 Å². The van der Waals surface area contributed by atoms with Crippen molar-refractivity contribution in [3.05, 3.63) is 24.0 Å². The van der Waals surface area contributed by atoms with Crippen molar-refractivity contribution >= 4 is 21.9 Å². The highest BCUT2D eigenvalue weighted by Gasteiger charge is 2.65. The number of aliphatic hydroxyl groups excluding tert-OH is 2. The average Bonchev–Trinajstić information content (AvgIpc) is 3.10. The number of ether oxygens (including phenoxy) is 1. The molecule has 0 aromatic rings. The van der Waals surface area contributed by atoms with E-state index in [1.54, 1.807) is 6.92 Å². The van der Waals surface area contributed by atoms with E-state index in [4.69, 9.17) is 14.5 Å². The Balaban J connectivity index is 1.55. The van der Waals surface area contributed by atoms with Crippen molar-refractivity contribution in [1.82, 2.24) is 0 Å². The van der Waals surface area contributed by atoms with E-state index in [-0.39, 0.29) is 46.9 Å². The van der Waals surface area contributed by atoms with E-state index in [9.17, 15) is 15.0 Å². The number of allylic oxidation sites excluding steroid dienone is 1. The average molecular weight is 542 g/mol. The van der Waals surface area contributed by atoms with Gasteiger partial charge in [0.2, 0.25) is 0 Å². The number of esters is 1. The van der Waals surface area contributed by atoms with Gasteiger partial charge in [-0.1, -0.05) is 54.9 Å². The van der Waals surface area contributed by atoms with E-state index >= 15 is 0 Å². The lowest BCUT2D eigenvalue weighted by Crippen LogP contribution is -2.57. The number of carbonyl (C=O) groups is 1. The summed E-state index contributed by atoms with van der Waals surface area (Å²) in [5.74, 6) is 0.882. The summed E-state index contributed by atoms with van der Waals surface area (Å²) in [7, 11) is 0. The van der Waals surface area contributed by atoms with Crippen molar-refractivity contribution in [2.75, 3.05) is 6.61 Å². The Kier molecular flexibility index (Phi) is 7.88. The van der Waals surface area contributed by atoms with Crippen LogP contribution in [0.15, 0.2) is 24.0 Å². The zero-order valence-electron chi connectivity index (χ0n) is 20.8. The third-order valence-electron chi connectivity index (χ3n) is 9.39. The van der Waals surface area contributed by atoms with Gasteiger partial charge in [0.15, 0.2) is 0 Å². The van der Waals surface area contributed by atoms with Crippen molar-refractivity contribution in [1.29, 1.82) is 0 Å². The summed E-state index contributed by atoms with van der Waals surface area (Å²) < 4.78 is 5.88. The fraction of sp³-hybridized carbons (Fsp3) is 0.815. The molecule has 6 nitrogen and oxygen atoms in total. The number of alkyl halides is 1. The lowest BCUT2D eigenvalue weighted by molar-refractivity contribution is -0.301. The Morgan fingerprint density at radius 1 is 1.26 bits per heavy atom. The molecule has 0 aromatic carbocycles. The van der Waals surface area contributed by atoms with Gasteiger partial charge in [0.1, 0.15) is 18.0 Å². The molecule has 0 heterocycles. The Morgan fingerprint density at radius 2 is 2.03 bits per heavy atom. The number of halogens is 1. The molecule has 3 saturated carbocycles. The van der Waals surface area contributed by atoms with Gasteiger partial charge in [-0.3, -0.25) is 4.79 Å². The van der Waals surface area contributed by atoms with E-state index in [2.05, 4.69) is 42.4 Å². The van der Waals surface area contributed by atoms with Gasteiger partial charge in [-0.05, 0) is 68.1 Å². The summed E-state index contributed by atoms with van der Waals surface area (Å²) in [5, 5.41) is 22.1. The molecule has 0 bridgehead atoms. The van der Waals surface area contributed by atoms with E-state index in [0.717, 1.165) is 51.4 Å². The van der Waals surface area contributed by atoms with Crippen LogP contribution in [0.25, 0.3) is 0 Å². The molecule has 0 saturated heterocycles. The maximum atomic E-state index is 12.2. The Morgan fingerprint density at radius 3 is 2.71 bits per heavy atom. The molecular formula is C27H41BrO6. The quantitative estimate of drug-likeness (QED) is 0.110. The van der Waals surface area contributed by atoms with Crippen molar-refractivity contribution < 1.29 is 29.5 Å². The first-order valence-corrected chi connectivity index (χ1v) is 14.0. The first-order valence-electron chi connectivity index (χ1n) is 13.0. The molecule has 7 heteroatoms. The van der Waals surface area contributed by atoms with Crippen molar-refractivity contribution in [2.24, 2.45) is 28.6 Å². The number of rotatable bonds is 8. The van der Waals surface area contributed by atoms with Gasteiger partial charge in [0, 0.05) is 18.3 Å². The van der Waals surface area contributed by atoms with E-state index in [0.29, 0.717) is 18.1 Å². The lowest BCUT2D eigenvalue weighted by atomic mass is 9.47. The van der Waals surface area contributed by atoms with Gasteiger partial charge in [0.05, 0.1) is 17.5 Å². The molecular weight excluding hydrogens is 500 g/mol. The van der Waals surface area contributed by atoms with Crippen LogP contribution in [0.5, 0.6) is 0 Å². The van der Waals surface area contributed by atoms with Crippen molar-refractivity contribution in [2.45, 2.75) is 102 Å². The molecule has 4 aliphatic carbocycles. The normalized spacial score (nSPS) is 43.2. The minimum Gasteiger partial charge on any atom is -0.460 e. The monoisotopic (exact) mass is 540 g/mol. The van der Waals surface area contributed by atoms with Crippen molar-refractivity contribution in [3.8, 4) is 0 Å². The third kappa shape index (κ3) is 4.39. The molecule has 34 heavy (non-hydrogen) atoms. The minimum atomic E-state index is -0.584. The molecule has 0 radical (unpaired) electrons. The van der Waals surface area contributed by atoms with Crippen LogP contribution in [0.1, 0.15) is 78.6 Å². The summed E-state index contributed by atoms with van der Waals surface area (Å²) in [5.41, 5.74) is 0.753. The predicted molar refractivity (Wildman–Crippen MR) is 133 cm³/mol. The largest absolute Gasteiger partial charge is 0.460 e. The highest BCUT2D eigenvalue weighted by Crippen LogP contribution is 2.66. The van der Waals surface area contributed by atoms with Crippen LogP contribution in [0.3, 0.4) is 0 Å². The van der Waals surface area contributed by atoms with Crippen LogP contribution in [0.4, 0.5) is 0 Å². The minimum absolute atomic E-state index is 0.00814. The first kappa shape index (κ1) is 26.2. The van der Waals surface area contributed by atoms with Gasteiger partial charge in [-0.25, -0.2) is 0 Å². The summed E-state index contributed by atoms with van der Waals surface area (Å²) >= 11 is 3.77. The van der Waals surface area contributed by atoms with Gasteiger partial charge in [-0.2, -0.15) is 4.89 Å². The van der Waals surface area contributed by atoms with Crippen LogP contribution < -0.4 is 0 Å². The maximum Gasteiger partial charge on any atom is 0.305 e. The first-order chi connectivity index (χ1) is 16.2. The molecule has 4 rings (SSSR count). The maximum absolute atomic E-state index is 12.2. The standard InChI is InChI=1S/C27H41BrO6/c1-5-7-16(3)33-34-18-8-10-26(4)17(12-18)13-22(30)24-19(26)9-11-27(15-29)20(24)14-21(28)25(27)32-23(31)6-2/h13,18-22,24-25,29-30H,3,5-12,14-15H2,1-2,4H3/t18-,19?,20?,21+,22-,24?,25-,26-,27+/m0/s1. The van der Waals surface area contributed by atoms with E-state index in [1.807, 2.05) is 0 Å². The molecule has 4 aliphatic rings. The summed E-state index contributed by atoms with van der Waals surface area (Å²) in [6, 6.07) is 0.